The molecule has 0 amide bonds. The smallest absolute Gasteiger partial charge is 0.316 e. The third-order valence-corrected chi connectivity index (χ3v) is 3.92. The van der Waals surface area contributed by atoms with E-state index in [-0.39, 0.29) is 6.04 Å². The molecule has 1 atom stereocenters. The number of aromatic nitrogens is 2. The Bertz CT molecular complexity index is 495. The van der Waals surface area contributed by atoms with Crippen molar-refractivity contribution in [1.82, 2.24) is 15.5 Å². The fourth-order valence-corrected chi connectivity index (χ4v) is 2.87. The summed E-state index contributed by atoms with van der Waals surface area (Å²) in [6.45, 7) is 8.06. The summed E-state index contributed by atoms with van der Waals surface area (Å²) in [5, 5.41) is 16.8. The number of rotatable bonds is 8. The van der Waals surface area contributed by atoms with E-state index in [4.69, 9.17) is 4.42 Å². The molecule has 20 heavy (non-hydrogen) atoms. The summed E-state index contributed by atoms with van der Waals surface area (Å²) in [6.07, 6.45) is 1.09. The van der Waals surface area contributed by atoms with Gasteiger partial charge < -0.3 is 15.1 Å². The van der Waals surface area contributed by atoms with Gasteiger partial charge in [0.2, 0.25) is 5.89 Å². The second-order valence-electron chi connectivity index (χ2n) is 5.06. The van der Waals surface area contributed by atoms with Crippen molar-refractivity contribution in [3.05, 3.63) is 28.3 Å². The van der Waals surface area contributed by atoms with Crippen LogP contribution in [-0.2, 0) is 6.54 Å². The molecule has 0 aliphatic rings. The maximum atomic E-state index is 5.62. The van der Waals surface area contributed by atoms with E-state index in [0.717, 1.165) is 13.0 Å². The minimum Gasteiger partial charge on any atom is -0.407 e. The third kappa shape index (κ3) is 4.05. The van der Waals surface area contributed by atoms with Crippen LogP contribution >= 0.6 is 11.3 Å². The van der Waals surface area contributed by atoms with Crippen LogP contribution in [0.15, 0.2) is 21.9 Å². The van der Waals surface area contributed by atoms with E-state index in [1.165, 1.54) is 4.88 Å². The Hall–Kier alpha value is -1.40. The van der Waals surface area contributed by atoms with Crippen LogP contribution in [0.4, 0.5) is 6.01 Å². The predicted molar refractivity (Wildman–Crippen MR) is 81.8 cm³/mol. The number of nitrogens with zero attached hydrogens (tertiary/aromatic N) is 2. The van der Waals surface area contributed by atoms with E-state index in [1.807, 2.05) is 0 Å². The first-order valence-corrected chi connectivity index (χ1v) is 7.91. The number of hydrogen-bond acceptors (Lipinski definition) is 6. The van der Waals surface area contributed by atoms with Gasteiger partial charge in [-0.1, -0.05) is 31.9 Å². The first kappa shape index (κ1) is 15.0. The molecule has 6 heteroatoms. The quantitative estimate of drug-likeness (QED) is 0.730. The van der Waals surface area contributed by atoms with Gasteiger partial charge in [0, 0.05) is 4.88 Å². The van der Waals surface area contributed by atoms with E-state index >= 15 is 0 Å². The maximum absolute atomic E-state index is 5.62. The van der Waals surface area contributed by atoms with Crippen LogP contribution in [0.3, 0.4) is 0 Å². The molecule has 1 unspecified atom stereocenters. The predicted octanol–water partition coefficient (Wildman–Crippen LogP) is 3.44. The molecule has 2 aromatic heterocycles. The summed E-state index contributed by atoms with van der Waals surface area (Å²) in [7, 11) is 0. The van der Waals surface area contributed by atoms with E-state index < -0.39 is 0 Å². The van der Waals surface area contributed by atoms with Crippen LogP contribution in [0.5, 0.6) is 0 Å². The highest BCUT2D eigenvalue weighted by atomic mass is 32.1. The first-order valence-electron chi connectivity index (χ1n) is 7.03. The monoisotopic (exact) mass is 294 g/mol. The van der Waals surface area contributed by atoms with Gasteiger partial charge in [-0.3, -0.25) is 0 Å². The van der Waals surface area contributed by atoms with Gasteiger partial charge in [0.25, 0.3) is 0 Å². The van der Waals surface area contributed by atoms with Crippen LogP contribution in [0.25, 0.3) is 0 Å². The molecule has 0 fully saturated rings. The number of nitrogens with one attached hydrogen (secondary N) is 2. The zero-order valence-corrected chi connectivity index (χ0v) is 13.0. The lowest BCUT2D eigenvalue weighted by Gasteiger charge is -2.19. The summed E-state index contributed by atoms with van der Waals surface area (Å²) in [5.41, 5.74) is 0. The Kier molecular flexibility index (Phi) is 5.55. The second-order valence-corrected chi connectivity index (χ2v) is 6.04. The first-order chi connectivity index (χ1) is 9.70. The van der Waals surface area contributed by atoms with Crippen LogP contribution < -0.4 is 10.6 Å². The zero-order valence-electron chi connectivity index (χ0n) is 12.2. The summed E-state index contributed by atoms with van der Waals surface area (Å²) in [6, 6.07) is 4.88. The highest BCUT2D eigenvalue weighted by Crippen LogP contribution is 2.29. The maximum Gasteiger partial charge on any atom is 0.316 e. The summed E-state index contributed by atoms with van der Waals surface area (Å²) < 4.78 is 5.62. The average molecular weight is 294 g/mol. The van der Waals surface area contributed by atoms with Gasteiger partial charge >= 0.3 is 6.01 Å². The van der Waals surface area contributed by atoms with Gasteiger partial charge in [0.15, 0.2) is 0 Å². The van der Waals surface area contributed by atoms with Crippen LogP contribution in [0.2, 0.25) is 0 Å². The largest absolute Gasteiger partial charge is 0.407 e. The lowest BCUT2D eigenvalue weighted by Crippen LogP contribution is -2.15. The topological polar surface area (TPSA) is 63.0 Å². The summed E-state index contributed by atoms with van der Waals surface area (Å²) >= 11 is 1.74. The average Bonchev–Trinajstić information content (AvgIpc) is 3.07. The Morgan fingerprint density at radius 3 is 2.85 bits per heavy atom. The van der Waals surface area contributed by atoms with Crippen molar-refractivity contribution >= 4 is 17.4 Å². The standard InChI is InChI=1S/C14H22N4OS/c1-4-7-15-9-12-17-18-14(19-12)16-13(10(2)3)11-6-5-8-20-11/h5-6,8,10,13,15H,4,7,9H2,1-3H3,(H,16,18). The van der Waals surface area contributed by atoms with Crippen molar-refractivity contribution in [3.63, 3.8) is 0 Å². The van der Waals surface area contributed by atoms with Gasteiger partial charge in [-0.25, -0.2) is 0 Å². The van der Waals surface area contributed by atoms with Crippen molar-refractivity contribution < 1.29 is 4.42 Å². The molecule has 0 bridgehead atoms. The normalized spacial score (nSPS) is 12.8. The molecule has 0 aromatic carbocycles. The highest BCUT2D eigenvalue weighted by Gasteiger charge is 2.19. The van der Waals surface area contributed by atoms with Crippen molar-refractivity contribution in [2.24, 2.45) is 5.92 Å². The number of thiophene rings is 1. The molecule has 0 radical (unpaired) electrons. The number of anilines is 1. The van der Waals surface area contributed by atoms with Crippen molar-refractivity contribution in [1.29, 1.82) is 0 Å². The van der Waals surface area contributed by atoms with Crippen molar-refractivity contribution in [2.45, 2.75) is 39.8 Å². The Morgan fingerprint density at radius 2 is 2.20 bits per heavy atom. The van der Waals surface area contributed by atoms with E-state index in [0.29, 0.717) is 24.4 Å². The molecular weight excluding hydrogens is 272 g/mol. The summed E-state index contributed by atoms with van der Waals surface area (Å²) in [5.74, 6) is 1.07. The van der Waals surface area contributed by atoms with Crippen LogP contribution in [0, 0.1) is 5.92 Å². The van der Waals surface area contributed by atoms with Gasteiger partial charge in [-0.15, -0.1) is 16.4 Å². The molecule has 2 heterocycles. The molecular formula is C14H22N4OS. The fraction of sp³-hybridized carbons (Fsp3) is 0.571. The van der Waals surface area contributed by atoms with E-state index in [2.05, 4.69) is 59.1 Å². The van der Waals surface area contributed by atoms with Crippen molar-refractivity contribution in [2.75, 3.05) is 11.9 Å². The SMILES string of the molecule is CCCNCc1nnc(NC(c2cccs2)C(C)C)o1. The highest BCUT2D eigenvalue weighted by molar-refractivity contribution is 7.10. The molecule has 2 N–H and O–H groups in total. The van der Waals surface area contributed by atoms with Gasteiger partial charge in [0.1, 0.15) is 0 Å². The Morgan fingerprint density at radius 1 is 1.35 bits per heavy atom. The van der Waals surface area contributed by atoms with Gasteiger partial charge in [-0.2, -0.15) is 0 Å². The van der Waals surface area contributed by atoms with Gasteiger partial charge in [-0.05, 0) is 30.3 Å². The minimum absolute atomic E-state index is 0.201. The molecule has 0 saturated heterocycles. The molecule has 0 saturated carbocycles. The molecule has 0 aliphatic heterocycles. The molecule has 0 aliphatic carbocycles. The van der Waals surface area contributed by atoms with Crippen LogP contribution in [0.1, 0.15) is 44.0 Å². The lowest BCUT2D eigenvalue weighted by molar-refractivity contribution is 0.461. The molecule has 2 rings (SSSR count). The molecule has 5 nitrogen and oxygen atoms in total. The van der Waals surface area contributed by atoms with E-state index in [1.54, 1.807) is 11.3 Å². The Balaban J connectivity index is 1.97. The van der Waals surface area contributed by atoms with Gasteiger partial charge in [0.05, 0.1) is 12.6 Å². The number of hydrogen-bond donors (Lipinski definition) is 2. The zero-order chi connectivity index (χ0) is 14.4. The minimum atomic E-state index is 0.201. The molecule has 110 valence electrons. The fourth-order valence-electron chi connectivity index (χ4n) is 1.92. The Labute approximate surface area is 123 Å². The van der Waals surface area contributed by atoms with E-state index in [9.17, 15) is 0 Å². The second kappa shape index (κ2) is 7.40. The molecule has 2 aromatic rings. The van der Waals surface area contributed by atoms with Crippen LogP contribution in [-0.4, -0.2) is 16.7 Å². The summed E-state index contributed by atoms with van der Waals surface area (Å²) in [4.78, 5) is 1.28. The van der Waals surface area contributed by atoms with Crippen molar-refractivity contribution in [3.8, 4) is 0 Å². The lowest BCUT2D eigenvalue weighted by atomic mass is 10.0. The third-order valence-electron chi connectivity index (χ3n) is 2.97. The molecule has 0 spiro atoms.